The van der Waals surface area contributed by atoms with E-state index in [2.05, 4.69) is 42.2 Å². The van der Waals surface area contributed by atoms with Crippen molar-refractivity contribution in [3.05, 3.63) is 89.7 Å². The van der Waals surface area contributed by atoms with Gasteiger partial charge < -0.3 is 9.88 Å². The highest BCUT2D eigenvalue weighted by Gasteiger charge is 2.26. The highest BCUT2D eigenvalue weighted by Crippen LogP contribution is 2.29. The molecule has 0 spiro atoms. The van der Waals surface area contributed by atoms with E-state index in [-0.39, 0.29) is 5.91 Å². The van der Waals surface area contributed by atoms with Crippen LogP contribution >= 0.6 is 0 Å². The molecule has 5 rings (SSSR count). The Morgan fingerprint density at radius 1 is 0.933 bits per heavy atom. The van der Waals surface area contributed by atoms with Crippen LogP contribution in [0.3, 0.4) is 0 Å². The lowest BCUT2D eigenvalue weighted by molar-refractivity contribution is 0.0711. The Morgan fingerprint density at radius 2 is 1.63 bits per heavy atom. The first-order valence-corrected chi connectivity index (χ1v) is 10.6. The van der Waals surface area contributed by atoms with Crippen LogP contribution in [0.15, 0.2) is 72.8 Å². The number of aromatic nitrogens is 2. The average molecular weight is 396 g/mol. The van der Waals surface area contributed by atoms with Gasteiger partial charge in [-0.05, 0) is 60.7 Å². The quantitative estimate of drug-likeness (QED) is 0.494. The third-order valence-corrected chi connectivity index (χ3v) is 6.06. The molecule has 0 atom stereocenters. The van der Waals surface area contributed by atoms with Crippen LogP contribution in [-0.4, -0.2) is 33.9 Å². The summed E-state index contributed by atoms with van der Waals surface area (Å²) in [6, 6.07) is 24.5. The number of H-pyrrole nitrogens is 1. The Labute approximate surface area is 176 Å². The molecular formula is C26H25N3O. The van der Waals surface area contributed by atoms with E-state index in [1.807, 2.05) is 47.4 Å². The molecule has 3 aromatic carbocycles. The van der Waals surface area contributed by atoms with Crippen LogP contribution in [0.2, 0.25) is 0 Å². The van der Waals surface area contributed by atoms with Crippen molar-refractivity contribution in [1.82, 2.24) is 14.9 Å². The Balaban J connectivity index is 1.25. The third kappa shape index (κ3) is 3.61. The number of hydrogen-bond donors (Lipinski definition) is 1. The van der Waals surface area contributed by atoms with Gasteiger partial charge in [-0.2, -0.15) is 0 Å². The van der Waals surface area contributed by atoms with Crippen molar-refractivity contribution in [3.8, 4) is 11.1 Å². The zero-order valence-corrected chi connectivity index (χ0v) is 17.1. The van der Waals surface area contributed by atoms with Crippen molar-refractivity contribution in [2.45, 2.75) is 25.7 Å². The third-order valence-electron chi connectivity index (χ3n) is 6.06. The summed E-state index contributed by atoms with van der Waals surface area (Å²) in [4.78, 5) is 23.2. The van der Waals surface area contributed by atoms with Gasteiger partial charge in [0.15, 0.2) is 0 Å². The van der Waals surface area contributed by atoms with E-state index in [1.165, 1.54) is 11.1 Å². The first-order valence-electron chi connectivity index (χ1n) is 10.6. The van der Waals surface area contributed by atoms with Gasteiger partial charge in [0.25, 0.3) is 5.91 Å². The predicted molar refractivity (Wildman–Crippen MR) is 121 cm³/mol. The number of carbonyl (C=O) groups excluding carboxylic acids is 1. The summed E-state index contributed by atoms with van der Waals surface area (Å²) in [5, 5.41) is 0. The van der Waals surface area contributed by atoms with E-state index in [9.17, 15) is 4.79 Å². The van der Waals surface area contributed by atoms with Crippen molar-refractivity contribution in [1.29, 1.82) is 0 Å². The van der Waals surface area contributed by atoms with Crippen LogP contribution in [0.1, 0.15) is 40.5 Å². The Hall–Kier alpha value is -3.40. The van der Waals surface area contributed by atoms with Gasteiger partial charge in [-0.1, -0.05) is 48.5 Å². The SMILES string of the molecule is Cc1ccc2nc(C3CCN(C(=O)c4ccc(-c5ccccc5)cc4)CC3)[nH]c2c1. The number of aryl methyl sites for hydroxylation is 1. The molecule has 0 saturated carbocycles. The number of likely N-dealkylation sites (tertiary alicyclic amines) is 1. The molecule has 30 heavy (non-hydrogen) atoms. The maximum atomic E-state index is 13.0. The molecule has 0 aliphatic carbocycles. The lowest BCUT2D eigenvalue weighted by Crippen LogP contribution is -2.38. The van der Waals surface area contributed by atoms with E-state index in [0.29, 0.717) is 5.92 Å². The van der Waals surface area contributed by atoms with E-state index >= 15 is 0 Å². The Bertz CT molecular complexity index is 1170. The van der Waals surface area contributed by atoms with Gasteiger partial charge in [-0.3, -0.25) is 4.79 Å². The number of nitrogens with one attached hydrogen (secondary N) is 1. The average Bonchev–Trinajstić information content (AvgIpc) is 3.23. The molecule has 0 bridgehead atoms. The maximum absolute atomic E-state index is 13.0. The molecule has 1 aliphatic rings. The standard InChI is InChI=1S/C26H25N3O/c1-18-7-12-23-24(17-18)28-25(27-23)21-13-15-29(16-14-21)26(30)22-10-8-20(9-11-22)19-5-3-2-4-6-19/h2-12,17,21H,13-16H2,1H3,(H,27,28). The number of piperidine rings is 1. The molecule has 150 valence electrons. The van der Waals surface area contributed by atoms with Crippen LogP contribution in [0.5, 0.6) is 0 Å². The number of benzene rings is 3. The first-order chi connectivity index (χ1) is 14.7. The number of rotatable bonds is 3. The van der Waals surface area contributed by atoms with Crippen molar-refractivity contribution in [3.63, 3.8) is 0 Å². The van der Waals surface area contributed by atoms with Gasteiger partial charge in [0.2, 0.25) is 0 Å². The molecule has 1 aromatic heterocycles. The topological polar surface area (TPSA) is 49.0 Å². The largest absolute Gasteiger partial charge is 0.342 e. The van der Waals surface area contributed by atoms with E-state index in [0.717, 1.165) is 53.9 Å². The molecule has 1 amide bonds. The lowest BCUT2D eigenvalue weighted by atomic mass is 9.95. The highest BCUT2D eigenvalue weighted by molar-refractivity contribution is 5.94. The predicted octanol–water partition coefficient (Wildman–Crippen LogP) is 5.56. The molecule has 1 saturated heterocycles. The number of imidazole rings is 1. The Morgan fingerprint density at radius 3 is 2.37 bits per heavy atom. The van der Waals surface area contributed by atoms with Crippen LogP contribution in [0.25, 0.3) is 22.2 Å². The second-order valence-corrected chi connectivity index (χ2v) is 8.15. The van der Waals surface area contributed by atoms with Crippen LogP contribution in [-0.2, 0) is 0 Å². The molecule has 1 N–H and O–H groups in total. The number of nitrogens with zero attached hydrogens (tertiary/aromatic N) is 2. The number of aromatic amines is 1. The van der Waals surface area contributed by atoms with Crippen LogP contribution in [0.4, 0.5) is 0 Å². The summed E-state index contributed by atoms with van der Waals surface area (Å²) in [7, 11) is 0. The van der Waals surface area contributed by atoms with Crippen LogP contribution in [0, 0.1) is 6.92 Å². The summed E-state index contributed by atoms with van der Waals surface area (Å²) in [5.74, 6) is 1.55. The van der Waals surface area contributed by atoms with Gasteiger partial charge in [0.05, 0.1) is 11.0 Å². The van der Waals surface area contributed by atoms with Gasteiger partial charge >= 0.3 is 0 Å². The van der Waals surface area contributed by atoms with Gasteiger partial charge in [0, 0.05) is 24.6 Å². The van der Waals surface area contributed by atoms with Gasteiger partial charge in [-0.15, -0.1) is 0 Å². The lowest BCUT2D eigenvalue weighted by Gasteiger charge is -2.31. The van der Waals surface area contributed by atoms with Crippen molar-refractivity contribution < 1.29 is 4.79 Å². The van der Waals surface area contributed by atoms with Gasteiger partial charge in [-0.25, -0.2) is 4.98 Å². The fourth-order valence-corrected chi connectivity index (χ4v) is 4.31. The summed E-state index contributed by atoms with van der Waals surface area (Å²) in [6.07, 6.45) is 1.87. The number of carbonyl (C=O) groups is 1. The van der Waals surface area contributed by atoms with Gasteiger partial charge in [0.1, 0.15) is 5.82 Å². The zero-order valence-electron chi connectivity index (χ0n) is 17.1. The molecule has 0 radical (unpaired) electrons. The highest BCUT2D eigenvalue weighted by atomic mass is 16.2. The second kappa shape index (κ2) is 7.79. The summed E-state index contributed by atoms with van der Waals surface area (Å²) < 4.78 is 0. The van der Waals surface area contributed by atoms with Crippen molar-refractivity contribution in [2.24, 2.45) is 0 Å². The minimum Gasteiger partial charge on any atom is -0.342 e. The molecule has 4 aromatic rings. The molecule has 0 unspecified atom stereocenters. The minimum absolute atomic E-state index is 0.119. The normalized spacial score (nSPS) is 14.9. The monoisotopic (exact) mass is 395 g/mol. The summed E-state index contributed by atoms with van der Waals surface area (Å²) in [6.45, 7) is 3.62. The van der Waals surface area contributed by atoms with Crippen molar-refractivity contribution >= 4 is 16.9 Å². The number of hydrogen-bond acceptors (Lipinski definition) is 2. The number of amides is 1. The minimum atomic E-state index is 0.119. The molecule has 2 heterocycles. The molecular weight excluding hydrogens is 370 g/mol. The number of fused-ring (bicyclic) bond motifs is 1. The molecule has 4 heteroatoms. The zero-order chi connectivity index (χ0) is 20.5. The fourth-order valence-electron chi connectivity index (χ4n) is 4.31. The van der Waals surface area contributed by atoms with Crippen molar-refractivity contribution in [2.75, 3.05) is 13.1 Å². The molecule has 4 nitrogen and oxygen atoms in total. The molecule has 1 fully saturated rings. The van der Waals surface area contributed by atoms with Crippen LogP contribution < -0.4 is 0 Å². The van der Waals surface area contributed by atoms with E-state index in [1.54, 1.807) is 0 Å². The van der Waals surface area contributed by atoms with E-state index < -0.39 is 0 Å². The summed E-state index contributed by atoms with van der Waals surface area (Å²) >= 11 is 0. The maximum Gasteiger partial charge on any atom is 0.253 e. The smallest absolute Gasteiger partial charge is 0.253 e. The Kier molecular flexibility index (Phi) is 4.83. The first kappa shape index (κ1) is 18.6. The second-order valence-electron chi connectivity index (χ2n) is 8.15. The molecule has 1 aliphatic heterocycles. The van der Waals surface area contributed by atoms with E-state index in [4.69, 9.17) is 4.98 Å². The fraction of sp³-hybridized carbons (Fsp3) is 0.231. The summed E-state index contributed by atoms with van der Waals surface area (Å²) in [5.41, 5.74) is 6.41.